The van der Waals surface area contributed by atoms with Crippen LogP contribution in [0.2, 0.25) is 0 Å². The topological polar surface area (TPSA) is 538 Å². The Labute approximate surface area is 857 Å². The summed E-state index contributed by atoms with van der Waals surface area (Å²) in [5.74, 6) is 4.55. The first kappa shape index (κ1) is 113. The molecule has 0 bridgehead atoms. The van der Waals surface area contributed by atoms with E-state index in [9.17, 15) is 60.2 Å². The first-order valence-corrected chi connectivity index (χ1v) is 49.4. The molecule has 0 fully saturated rings. The van der Waals surface area contributed by atoms with Crippen LogP contribution in [-0.4, -0.2) is 138 Å². The summed E-state index contributed by atoms with van der Waals surface area (Å²) in [6.45, 7) is 42.1. The van der Waals surface area contributed by atoms with Crippen molar-refractivity contribution < 1.29 is 44.2 Å². The minimum atomic E-state index is -0.510. The maximum atomic E-state index is 13.1. The molecular formula is C97H113ClN27NaO8S5. The molecule has 5 aliphatic rings. The average Bonchev–Trinajstić information content (AvgIpc) is 0.786. The van der Waals surface area contributed by atoms with Crippen LogP contribution in [0, 0.1) is 86.2 Å². The predicted molar refractivity (Wildman–Crippen MR) is 540 cm³/mol. The Hall–Kier alpha value is -11.4. The van der Waals surface area contributed by atoms with Crippen molar-refractivity contribution in [1.82, 2.24) is 72.7 Å². The average molecular weight is 2000 g/mol. The Balaban J connectivity index is 0.000000211. The number of hydrogen-bond acceptors (Lipinski definition) is 30. The summed E-state index contributed by atoms with van der Waals surface area (Å²) >= 11 is 7.46. The van der Waals surface area contributed by atoms with E-state index in [0.29, 0.717) is 158 Å². The van der Waals surface area contributed by atoms with Crippen LogP contribution in [-0.2, 0) is 69.3 Å². The molecular weight excluding hydrogens is 1890 g/mol. The summed E-state index contributed by atoms with van der Waals surface area (Å²) in [6.07, 6.45) is 10.4. The number of hydrogen-bond donors (Lipinski definition) is 2. The standard InChI is InChI=1S/C24H30N4O3S.C19H22N4OS.C18H19N7OS.C18H21N5OS.C18H20N4O2S.ClH.N3.Na/c1-23(2,3)18-9-8-16(12-26-18)20-17(11-25)21(30)28-13-15(14-32-22(28)27-20)7-10-19(29)31-24(4,5)6;1-5-12-10-23-17(24)14(8-20)16(22-18(23)25-11-12)13-6-7-15(21-9-13)19(2,3)4;1-18(2,3)14-5-4-12(8-21-14)15-13(6-19)16(26)25-9-11(7-22-24-20)10-27-17(25)23-15;1-18(2,3)14-5-4-12(8-21-14)15-13(7-20)16(24)23-9-11(6-19)10-25-17(23)22-15;1-18(2,3)14-5-4-12(7-20-14)15-13(6-19)16(24)22-8-11(9-23)10-25-17(22)21-15;;1-3-2;/h8-9,12,15H,7,10,13-14H2,1-6H3;6-7,9,12H,5,10-11H2,1-4H3;4-5,8,11H,7,9-10H2,1-3H3;4-5,8,11H,6,9-10,19H2,1-3H3;4-5,7,11,23H,8-10H2,1-3H3;1H;;/q;;;;;;-1;+1. The Morgan fingerprint density at radius 1 is 0.424 bits per heavy atom. The smallest absolute Gasteiger partial charge is 0.460 e. The van der Waals surface area contributed by atoms with Crippen molar-refractivity contribution in [3.63, 3.8) is 0 Å². The molecule has 5 aliphatic heterocycles. The molecule has 5 atom stereocenters. The van der Waals surface area contributed by atoms with Gasteiger partial charge in [-0.2, -0.15) is 26.3 Å². The fraction of sp³-hybridized carbons (Fsp3) is 0.474. The van der Waals surface area contributed by atoms with Gasteiger partial charge in [-0.15, -0.1) is 12.4 Å². The number of carbonyl (C=O) groups excluding carboxylic acids is 1. The molecule has 0 spiro atoms. The number of carbonyl (C=O) groups is 1. The normalized spacial score (nSPS) is 16.1. The first-order valence-electron chi connectivity index (χ1n) is 44.4. The minimum Gasteiger partial charge on any atom is -0.460 e. The van der Waals surface area contributed by atoms with Crippen LogP contribution < -0.4 is 63.1 Å². The van der Waals surface area contributed by atoms with Gasteiger partial charge in [0.25, 0.3) is 27.8 Å². The third-order valence-corrected chi connectivity index (χ3v) is 28.5. The molecule has 139 heavy (non-hydrogen) atoms. The van der Waals surface area contributed by atoms with Gasteiger partial charge in [0.2, 0.25) is 0 Å². The summed E-state index contributed by atoms with van der Waals surface area (Å²) in [6, 6.07) is 29.1. The third-order valence-electron chi connectivity index (χ3n) is 22.4. The van der Waals surface area contributed by atoms with Crippen molar-refractivity contribution in [3.05, 3.63) is 226 Å². The molecule has 15 heterocycles. The SMILES string of the molecule is CC(C)(C)OC(=O)CCC1CSc2nc(-c3ccc(C(C)(C)C)nc3)c(C#N)c(=O)n2C1.CC(C)(C)c1ccc(-c2nc3n(c(=O)c2C#N)CC(CN)CS3)cn1.CC(C)(C)c1ccc(-c2nc3n(c(=O)c2C#N)CC(CN=[N+]=[N-])CS3)cn1.CC(C)(C)c1ccc(-c2nc3n(c(=O)c2C#N)CC(CO)CS3)cn1.CCC1CSc2nc(-c3ccc(C(C)(C)C)nc3)c(C#N)c(=O)n2C1.Cl.[N-]=[N+]=[N-].[Na+]. The molecule has 42 heteroatoms. The van der Waals surface area contributed by atoms with Crippen molar-refractivity contribution in [1.29, 1.82) is 26.3 Å². The van der Waals surface area contributed by atoms with E-state index in [-0.39, 0.29) is 161 Å². The summed E-state index contributed by atoms with van der Waals surface area (Å²) in [5, 5.41) is 63.8. The molecule has 15 rings (SSSR count). The maximum absolute atomic E-state index is 13.1. The van der Waals surface area contributed by atoms with Gasteiger partial charge in [-0.1, -0.05) is 181 Å². The van der Waals surface area contributed by atoms with Gasteiger partial charge in [-0.25, -0.2) is 24.9 Å². The molecule has 722 valence electrons. The number of fused-ring (bicyclic) bond motifs is 5. The number of rotatable bonds is 13. The van der Waals surface area contributed by atoms with E-state index in [1.165, 1.54) is 61.1 Å². The van der Waals surface area contributed by atoms with Crippen molar-refractivity contribution in [2.45, 2.75) is 242 Å². The van der Waals surface area contributed by atoms with Crippen molar-refractivity contribution in [3.8, 4) is 86.6 Å². The number of nitrogens with zero attached hydrogens (tertiary/aromatic N) is 26. The zero-order valence-electron chi connectivity index (χ0n) is 81.8. The number of esters is 1. The number of azide groups is 1. The van der Waals surface area contributed by atoms with Gasteiger partial charge in [0.1, 0.15) is 63.8 Å². The molecule has 10 aromatic rings. The van der Waals surface area contributed by atoms with E-state index in [0.717, 1.165) is 52.1 Å². The van der Waals surface area contributed by atoms with Gasteiger partial charge >= 0.3 is 35.5 Å². The van der Waals surface area contributed by atoms with Crippen molar-refractivity contribution >= 4 is 77.2 Å². The van der Waals surface area contributed by atoms with Gasteiger partial charge in [0, 0.05) is 206 Å². The van der Waals surface area contributed by atoms with Crippen LogP contribution in [0.1, 0.15) is 207 Å². The number of aromatic nitrogens is 15. The van der Waals surface area contributed by atoms with Crippen LogP contribution in [0.15, 0.2) is 147 Å². The van der Waals surface area contributed by atoms with E-state index >= 15 is 0 Å². The van der Waals surface area contributed by atoms with E-state index in [4.69, 9.17) is 27.1 Å². The molecule has 0 aromatic carbocycles. The second-order valence-corrected chi connectivity index (χ2v) is 44.4. The number of aliphatic hydroxyl groups is 1. The third kappa shape index (κ3) is 28.3. The second kappa shape index (κ2) is 48.7. The molecule has 10 aromatic heterocycles. The molecule has 0 saturated carbocycles. The zero-order valence-corrected chi connectivity index (χ0v) is 88.7. The first-order chi connectivity index (χ1) is 64.7. The predicted octanol–water partition coefficient (Wildman–Crippen LogP) is 14.1. The summed E-state index contributed by atoms with van der Waals surface area (Å²) in [7, 11) is 0. The number of ether oxygens (including phenoxy) is 1. The van der Waals surface area contributed by atoms with Crippen LogP contribution in [0.3, 0.4) is 0 Å². The monoisotopic (exact) mass is 2000 g/mol. The van der Waals surface area contributed by atoms with E-state index in [1.54, 1.807) is 56.4 Å². The van der Waals surface area contributed by atoms with Crippen molar-refractivity contribution in [2.75, 3.05) is 48.5 Å². The molecule has 3 N–H and O–H groups in total. The molecule has 0 aliphatic carbocycles. The number of pyridine rings is 5. The molecule has 0 saturated heterocycles. The van der Waals surface area contributed by atoms with Gasteiger partial charge in [0.15, 0.2) is 25.8 Å². The number of halogens is 1. The largest absolute Gasteiger partial charge is 1.00 e. The minimum absolute atomic E-state index is 0. The second-order valence-electron chi connectivity index (χ2n) is 39.5. The van der Waals surface area contributed by atoms with E-state index < -0.39 is 5.60 Å². The molecule has 35 nitrogen and oxygen atoms in total. The molecule has 0 radical (unpaired) electrons. The van der Waals surface area contributed by atoms with Gasteiger partial charge in [-0.05, 0) is 124 Å². The van der Waals surface area contributed by atoms with Crippen LogP contribution >= 0.6 is 71.2 Å². The fourth-order valence-electron chi connectivity index (χ4n) is 14.6. The van der Waals surface area contributed by atoms with Gasteiger partial charge in [0.05, 0.1) is 28.5 Å². The number of nitrogens with two attached hydrogens (primary N) is 1. The Morgan fingerprint density at radius 2 is 0.662 bits per heavy atom. The van der Waals surface area contributed by atoms with Crippen LogP contribution in [0.5, 0.6) is 0 Å². The Morgan fingerprint density at radius 3 is 0.892 bits per heavy atom. The Kier molecular flexibility index (Phi) is 39.6. The van der Waals surface area contributed by atoms with E-state index in [2.05, 4.69) is 177 Å². The number of aliphatic hydroxyl groups excluding tert-OH is 1. The fourth-order valence-corrected chi connectivity index (χ4v) is 20.2. The summed E-state index contributed by atoms with van der Waals surface area (Å²) in [4.78, 5) is 126. The van der Waals surface area contributed by atoms with Gasteiger partial charge < -0.3 is 26.6 Å². The van der Waals surface area contributed by atoms with E-state index in [1.807, 2.05) is 106 Å². The van der Waals surface area contributed by atoms with Crippen LogP contribution in [0.4, 0.5) is 0 Å². The number of nitriles is 5. The van der Waals surface area contributed by atoms with Crippen molar-refractivity contribution in [2.24, 2.45) is 40.4 Å². The molecule has 5 unspecified atom stereocenters. The summed E-state index contributed by atoms with van der Waals surface area (Å²) in [5.41, 5.74) is 35.5. The number of thioether (sulfide) groups is 5. The van der Waals surface area contributed by atoms with Crippen LogP contribution in [0.25, 0.3) is 82.7 Å². The molecule has 0 amide bonds. The van der Waals surface area contributed by atoms with Gasteiger partial charge in [-0.3, -0.25) is 81.4 Å². The summed E-state index contributed by atoms with van der Waals surface area (Å²) < 4.78 is 13.2. The zero-order chi connectivity index (χ0) is 101. The maximum Gasteiger partial charge on any atom is 1.00 e. The quantitative estimate of drug-likeness (QED) is 0.0270. The Bertz CT molecular complexity index is 6410.